The maximum absolute atomic E-state index is 11.8. The first-order valence-corrected chi connectivity index (χ1v) is 6.79. The van der Waals surface area contributed by atoms with Gasteiger partial charge < -0.3 is 0 Å². The van der Waals surface area contributed by atoms with E-state index in [9.17, 15) is 18.5 Å². The standard InChI is InChI=1S/C10H11ClN2O4S/c1-3-6-18(16,17)12(2)10-7-8(13(14)15)4-5-9(10)11/h3-5,7H,1,6H2,2H3. The number of halogens is 1. The van der Waals surface area contributed by atoms with Crippen molar-refractivity contribution in [3.05, 3.63) is 46.0 Å². The summed E-state index contributed by atoms with van der Waals surface area (Å²) in [5.74, 6) is -0.275. The zero-order chi connectivity index (χ0) is 13.9. The summed E-state index contributed by atoms with van der Waals surface area (Å²) in [6, 6.07) is 3.61. The minimum absolute atomic E-state index is 0.0627. The molecule has 0 fully saturated rings. The highest BCUT2D eigenvalue weighted by Crippen LogP contribution is 2.30. The maximum Gasteiger partial charge on any atom is 0.271 e. The summed E-state index contributed by atoms with van der Waals surface area (Å²) in [7, 11) is -2.34. The fourth-order valence-corrected chi connectivity index (χ4v) is 2.53. The Balaban J connectivity index is 3.28. The quantitative estimate of drug-likeness (QED) is 0.473. The average Bonchev–Trinajstić information content (AvgIpc) is 2.28. The van der Waals surface area contributed by atoms with Gasteiger partial charge in [-0.1, -0.05) is 17.7 Å². The van der Waals surface area contributed by atoms with E-state index in [1.807, 2.05) is 0 Å². The van der Waals surface area contributed by atoms with Gasteiger partial charge in [0.2, 0.25) is 10.0 Å². The van der Waals surface area contributed by atoms with E-state index in [-0.39, 0.29) is 22.2 Å². The van der Waals surface area contributed by atoms with E-state index in [0.717, 1.165) is 10.4 Å². The molecule has 0 saturated carbocycles. The SMILES string of the molecule is C=CCS(=O)(=O)N(C)c1cc([N+](=O)[O-])ccc1Cl. The van der Waals surface area contributed by atoms with Crippen LogP contribution in [0, 0.1) is 10.1 Å². The number of nitro benzene ring substituents is 1. The van der Waals surface area contributed by atoms with E-state index in [0.29, 0.717) is 0 Å². The predicted octanol–water partition coefficient (Wildman–Crippen LogP) is 2.20. The molecule has 0 heterocycles. The van der Waals surface area contributed by atoms with E-state index < -0.39 is 14.9 Å². The van der Waals surface area contributed by atoms with Crippen molar-refractivity contribution < 1.29 is 13.3 Å². The Morgan fingerprint density at radius 2 is 2.17 bits per heavy atom. The summed E-state index contributed by atoms with van der Waals surface area (Å²) in [4.78, 5) is 10.0. The van der Waals surface area contributed by atoms with E-state index in [1.54, 1.807) is 0 Å². The van der Waals surface area contributed by atoms with Gasteiger partial charge in [-0.05, 0) is 6.07 Å². The molecule has 0 aliphatic carbocycles. The Bertz CT molecular complexity index is 586. The van der Waals surface area contributed by atoms with Crippen LogP contribution in [0.4, 0.5) is 11.4 Å². The molecule has 0 atom stereocenters. The number of non-ortho nitro benzene ring substituents is 1. The number of hydrogen-bond donors (Lipinski definition) is 0. The van der Waals surface area contributed by atoms with Crippen molar-refractivity contribution in [3.8, 4) is 0 Å². The molecular weight excluding hydrogens is 280 g/mol. The molecule has 1 aromatic rings. The van der Waals surface area contributed by atoms with Gasteiger partial charge in [0.25, 0.3) is 5.69 Å². The van der Waals surface area contributed by atoms with E-state index in [4.69, 9.17) is 11.6 Å². The largest absolute Gasteiger partial charge is 0.271 e. The van der Waals surface area contributed by atoms with Crippen LogP contribution in [0.5, 0.6) is 0 Å². The van der Waals surface area contributed by atoms with Crippen LogP contribution in [0.15, 0.2) is 30.9 Å². The molecule has 1 aromatic carbocycles. The maximum atomic E-state index is 11.8. The van der Waals surface area contributed by atoms with Crippen LogP contribution in [0.2, 0.25) is 5.02 Å². The van der Waals surface area contributed by atoms with Crippen LogP contribution in [0.3, 0.4) is 0 Å². The second kappa shape index (κ2) is 5.36. The highest BCUT2D eigenvalue weighted by molar-refractivity contribution is 7.92. The summed E-state index contributed by atoms with van der Waals surface area (Å²) in [6.07, 6.45) is 1.23. The third kappa shape index (κ3) is 2.99. The number of nitro groups is 1. The lowest BCUT2D eigenvalue weighted by Crippen LogP contribution is -2.28. The monoisotopic (exact) mass is 290 g/mol. The zero-order valence-electron chi connectivity index (χ0n) is 9.54. The minimum Gasteiger partial charge on any atom is -0.271 e. The molecule has 0 aliphatic rings. The minimum atomic E-state index is -3.62. The molecule has 0 bridgehead atoms. The third-order valence-corrected chi connectivity index (χ3v) is 4.23. The van der Waals surface area contributed by atoms with Crippen molar-refractivity contribution in [3.63, 3.8) is 0 Å². The fraction of sp³-hybridized carbons (Fsp3) is 0.200. The van der Waals surface area contributed by atoms with Gasteiger partial charge in [-0.3, -0.25) is 14.4 Å². The van der Waals surface area contributed by atoms with Gasteiger partial charge in [-0.15, -0.1) is 6.58 Å². The van der Waals surface area contributed by atoms with E-state index in [2.05, 4.69) is 6.58 Å². The van der Waals surface area contributed by atoms with Crippen molar-refractivity contribution in [2.45, 2.75) is 0 Å². The molecule has 1 rings (SSSR count). The summed E-state index contributed by atoms with van der Waals surface area (Å²) < 4.78 is 24.5. The first kappa shape index (κ1) is 14.5. The molecule has 98 valence electrons. The smallest absolute Gasteiger partial charge is 0.271 e. The lowest BCUT2D eigenvalue weighted by molar-refractivity contribution is -0.384. The summed E-state index contributed by atoms with van der Waals surface area (Å²) >= 11 is 5.85. The van der Waals surface area contributed by atoms with Crippen LogP contribution in [-0.2, 0) is 10.0 Å². The Labute approximate surface area is 110 Å². The van der Waals surface area contributed by atoms with E-state index >= 15 is 0 Å². The number of sulfonamides is 1. The Morgan fingerprint density at radius 3 is 2.67 bits per heavy atom. The van der Waals surface area contributed by atoms with Gasteiger partial charge in [-0.2, -0.15) is 0 Å². The summed E-state index contributed by atoms with van der Waals surface area (Å²) in [5.41, 5.74) is -0.164. The van der Waals surface area contributed by atoms with Crippen LogP contribution in [0.25, 0.3) is 0 Å². The second-order valence-corrected chi connectivity index (χ2v) is 5.88. The van der Waals surface area contributed by atoms with E-state index in [1.165, 1.54) is 25.3 Å². The van der Waals surface area contributed by atoms with Crippen LogP contribution in [0.1, 0.15) is 0 Å². The first-order valence-electron chi connectivity index (χ1n) is 4.81. The van der Waals surface area contributed by atoms with Gasteiger partial charge in [0.15, 0.2) is 0 Å². The molecule has 0 spiro atoms. The van der Waals surface area contributed by atoms with Crippen molar-refractivity contribution in [1.29, 1.82) is 0 Å². The highest BCUT2D eigenvalue weighted by atomic mass is 35.5. The zero-order valence-corrected chi connectivity index (χ0v) is 11.1. The normalized spacial score (nSPS) is 11.0. The molecule has 6 nitrogen and oxygen atoms in total. The highest BCUT2D eigenvalue weighted by Gasteiger charge is 2.21. The van der Waals surface area contributed by atoms with Crippen molar-refractivity contribution in [2.75, 3.05) is 17.1 Å². The molecule has 0 unspecified atom stereocenters. The van der Waals surface area contributed by atoms with Gasteiger partial charge in [0.05, 0.1) is 21.4 Å². The number of nitrogens with zero attached hydrogens (tertiary/aromatic N) is 2. The fourth-order valence-electron chi connectivity index (χ4n) is 1.27. The van der Waals surface area contributed by atoms with Crippen molar-refractivity contribution in [2.24, 2.45) is 0 Å². The number of rotatable bonds is 5. The Kier molecular flexibility index (Phi) is 4.31. The first-order chi connectivity index (χ1) is 8.29. The summed E-state index contributed by atoms with van der Waals surface area (Å²) in [5, 5.41) is 10.8. The van der Waals surface area contributed by atoms with Gasteiger partial charge in [0.1, 0.15) is 0 Å². The van der Waals surface area contributed by atoms with Crippen molar-refractivity contribution in [1.82, 2.24) is 0 Å². The average molecular weight is 291 g/mol. The molecule has 0 radical (unpaired) electrons. The Hall–Kier alpha value is -1.60. The number of hydrogen-bond acceptors (Lipinski definition) is 4. The van der Waals surface area contributed by atoms with Gasteiger partial charge >= 0.3 is 0 Å². The molecule has 18 heavy (non-hydrogen) atoms. The molecule has 0 aliphatic heterocycles. The lowest BCUT2D eigenvalue weighted by atomic mass is 10.3. The molecule has 0 aromatic heterocycles. The number of anilines is 1. The molecular formula is C10H11ClN2O4S. The van der Waals surface area contributed by atoms with Crippen molar-refractivity contribution >= 4 is 33.0 Å². The van der Waals surface area contributed by atoms with Crippen LogP contribution in [-0.4, -0.2) is 26.1 Å². The molecule has 0 N–H and O–H groups in total. The van der Waals surface area contributed by atoms with Gasteiger partial charge in [0, 0.05) is 19.2 Å². The van der Waals surface area contributed by atoms with Crippen LogP contribution >= 0.6 is 11.6 Å². The molecule has 0 amide bonds. The predicted molar refractivity (Wildman–Crippen MR) is 70.5 cm³/mol. The molecule has 8 heteroatoms. The van der Waals surface area contributed by atoms with Crippen LogP contribution < -0.4 is 4.31 Å². The lowest BCUT2D eigenvalue weighted by Gasteiger charge is -2.19. The Morgan fingerprint density at radius 1 is 1.56 bits per heavy atom. The summed E-state index contributed by atoms with van der Waals surface area (Å²) in [6.45, 7) is 3.34. The second-order valence-electron chi connectivity index (χ2n) is 3.43. The molecule has 0 saturated heterocycles. The van der Waals surface area contributed by atoms with Gasteiger partial charge in [-0.25, -0.2) is 8.42 Å². The topological polar surface area (TPSA) is 80.5 Å². The third-order valence-electron chi connectivity index (χ3n) is 2.23. The number of benzene rings is 1.